The summed E-state index contributed by atoms with van der Waals surface area (Å²) in [6.07, 6.45) is 8.49. The molecule has 15 heavy (non-hydrogen) atoms. The van der Waals surface area contributed by atoms with E-state index in [2.05, 4.69) is 23.1 Å². The average molecular weight is 225 g/mol. The van der Waals surface area contributed by atoms with Crippen LogP contribution in [0.15, 0.2) is 12.3 Å². The normalized spacial score (nSPS) is 20.3. The summed E-state index contributed by atoms with van der Waals surface area (Å²) in [4.78, 5) is 0. The number of rotatable bonds is 4. The Hall–Kier alpha value is -0.410. The van der Waals surface area contributed by atoms with E-state index in [4.69, 9.17) is 0 Å². The zero-order valence-corrected chi connectivity index (χ0v) is 10.1. The van der Waals surface area contributed by atoms with Gasteiger partial charge in [0.1, 0.15) is 0 Å². The van der Waals surface area contributed by atoms with Crippen molar-refractivity contribution >= 4 is 11.8 Å². The first kappa shape index (κ1) is 11.1. The van der Waals surface area contributed by atoms with Gasteiger partial charge >= 0.3 is 0 Å². The molecule has 0 bridgehead atoms. The van der Waals surface area contributed by atoms with Gasteiger partial charge in [-0.3, -0.25) is 0 Å². The lowest BCUT2D eigenvalue weighted by atomic mass is 9.95. The summed E-state index contributed by atoms with van der Waals surface area (Å²) in [6.45, 7) is 1.10. The van der Waals surface area contributed by atoms with Crippen molar-refractivity contribution in [3.8, 4) is 0 Å². The van der Waals surface area contributed by atoms with Crippen molar-refractivity contribution in [1.82, 2.24) is 4.57 Å². The first-order valence-electron chi connectivity index (χ1n) is 5.68. The molecule has 0 saturated heterocycles. The maximum Gasteiger partial charge on any atom is 0.0807 e. The Morgan fingerprint density at radius 2 is 2.47 bits per heavy atom. The monoisotopic (exact) mass is 225 g/mol. The van der Waals surface area contributed by atoms with Crippen LogP contribution in [0, 0.1) is 0 Å². The second kappa shape index (κ2) is 5.08. The molecule has 0 radical (unpaired) electrons. The molecule has 1 aromatic heterocycles. The standard InChI is InChI=1S/C12H19NOS/c1-15-9-3-7-13-8-6-10-11(13)4-2-5-12(10)14/h6,8,12,14H,2-5,7,9H2,1H3. The van der Waals surface area contributed by atoms with Gasteiger partial charge in [0.25, 0.3) is 0 Å². The second-order valence-corrected chi connectivity index (χ2v) is 5.15. The lowest BCUT2D eigenvalue weighted by Gasteiger charge is -2.20. The van der Waals surface area contributed by atoms with Crippen molar-refractivity contribution in [2.45, 2.75) is 38.3 Å². The summed E-state index contributed by atoms with van der Waals surface area (Å²) < 4.78 is 2.33. The van der Waals surface area contributed by atoms with E-state index in [0.717, 1.165) is 25.8 Å². The smallest absolute Gasteiger partial charge is 0.0807 e. The molecule has 0 amide bonds. The number of aromatic nitrogens is 1. The second-order valence-electron chi connectivity index (χ2n) is 4.17. The van der Waals surface area contributed by atoms with Crippen LogP contribution < -0.4 is 0 Å². The molecule has 0 aromatic carbocycles. The van der Waals surface area contributed by atoms with Crippen LogP contribution in [0.1, 0.15) is 36.6 Å². The summed E-state index contributed by atoms with van der Waals surface area (Å²) in [7, 11) is 0. The number of aryl methyl sites for hydroxylation is 1. The highest BCUT2D eigenvalue weighted by molar-refractivity contribution is 7.98. The summed E-state index contributed by atoms with van der Waals surface area (Å²) >= 11 is 1.90. The van der Waals surface area contributed by atoms with Crippen LogP contribution >= 0.6 is 11.8 Å². The average Bonchev–Trinajstić information content (AvgIpc) is 2.64. The number of thioether (sulfide) groups is 1. The van der Waals surface area contributed by atoms with Crippen molar-refractivity contribution in [3.63, 3.8) is 0 Å². The van der Waals surface area contributed by atoms with E-state index in [9.17, 15) is 5.11 Å². The van der Waals surface area contributed by atoms with Crippen molar-refractivity contribution in [2.24, 2.45) is 0 Å². The van der Waals surface area contributed by atoms with Gasteiger partial charge in [-0.2, -0.15) is 11.8 Å². The van der Waals surface area contributed by atoms with Crippen molar-refractivity contribution in [3.05, 3.63) is 23.5 Å². The predicted octanol–water partition coefficient (Wildman–Crippen LogP) is 2.61. The molecule has 0 aliphatic heterocycles. The van der Waals surface area contributed by atoms with E-state index >= 15 is 0 Å². The molecule has 1 atom stereocenters. The molecule has 0 saturated carbocycles. The lowest BCUT2D eigenvalue weighted by molar-refractivity contribution is 0.155. The Bertz CT molecular complexity index is 321. The molecule has 1 aliphatic carbocycles. The quantitative estimate of drug-likeness (QED) is 0.797. The van der Waals surface area contributed by atoms with Crippen LogP contribution in [0.5, 0.6) is 0 Å². The Morgan fingerprint density at radius 1 is 1.60 bits per heavy atom. The third-order valence-corrected chi connectivity index (χ3v) is 3.81. The fourth-order valence-electron chi connectivity index (χ4n) is 2.32. The summed E-state index contributed by atoms with van der Waals surface area (Å²) in [6, 6.07) is 2.10. The maximum absolute atomic E-state index is 9.83. The predicted molar refractivity (Wildman–Crippen MR) is 65.3 cm³/mol. The molecule has 1 aliphatic rings. The number of hydrogen-bond donors (Lipinski definition) is 1. The van der Waals surface area contributed by atoms with E-state index in [-0.39, 0.29) is 6.10 Å². The van der Waals surface area contributed by atoms with Gasteiger partial charge in [0, 0.05) is 24.0 Å². The van der Waals surface area contributed by atoms with Gasteiger partial charge in [0.15, 0.2) is 0 Å². The van der Waals surface area contributed by atoms with Crippen molar-refractivity contribution < 1.29 is 5.11 Å². The fraction of sp³-hybridized carbons (Fsp3) is 0.667. The molecule has 0 fully saturated rings. The van der Waals surface area contributed by atoms with Gasteiger partial charge in [-0.05, 0) is 43.8 Å². The van der Waals surface area contributed by atoms with E-state index in [0.29, 0.717) is 0 Å². The molecule has 1 N–H and O–H groups in total. The van der Waals surface area contributed by atoms with Gasteiger partial charge in [-0.1, -0.05) is 0 Å². The van der Waals surface area contributed by atoms with Crippen LogP contribution in [-0.2, 0) is 13.0 Å². The van der Waals surface area contributed by atoms with Gasteiger partial charge < -0.3 is 9.67 Å². The van der Waals surface area contributed by atoms with Crippen molar-refractivity contribution in [2.75, 3.05) is 12.0 Å². The Balaban J connectivity index is 2.06. The highest BCUT2D eigenvalue weighted by Crippen LogP contribution is 2.30. The Labute approximate surface area is 95.7 Å². The van der Waals surface area contributed by atoms with Crippen LogP contribution in [0.2, 0.25) is 0 Å². The highest BCUT2D eigenvalue weighted by atomic mass is 32.2. The lowest BCUT2D eigenvalue weighted by Crippen LogP contribution is -2.12. The van der Waals surface area contributed by atoms with Gasteiger partial charge in [-0.15, -0.1) is 0 Å². The Morgan fingerprint density at radius 3 is 3.27 bits per heavy atom. The molecule has 1 aromatic rings. The number of nitrogens with zero attached hydrogens (tertiary/aromatic N) is 1. The number of aliphatic hydroxyl groups excluding tert-OH is 1. The minimum Gasteiger partial charge on any atom is -0.388 e. The molecular formula is C12H19NOS. The van der Waals surface area contributed by atoms with E-state index < -0.39 is 0 Å². The largest absolute Gasteiger partial charge is 0.388 e. The SMILES string of the molecule is CSCCCn1ccc2c1CCCC2O. The van der Waals surface area contributed by atoms with Crippen LogP contribution in [0.4, 0.5) is 0 Å². The Kier molecular flexibility index (Phi) is 3.76. The minimum absolute atomic E-state index is 0.212. The number of hydrogen-bond acceptors (Lipinski definition) is 2. The van der Waals surface area contributed by atoms with Crippen LogP contribution in [-0.4, -0.2) is 21.7 Å². The zero-order valence-electron chi connectivity index (χ0n) is 9.28. The van der Waals surface area contributed by atoms with Gasteiger partial charge in [0.05, 0.1) is 6.10 Å². The van der Waals surface area contributed by atoms with E-state index in [1.165, 1.54) is 23.4 Å². The third kappa shape index (κ3) is 2.40. The van der Waals surface area contributed by atoms with Crippen molar-refractivity contribution in [1.29, 1.82) is 0 Å². The molecule has 2 rings (SSSR count). The summed E-state index contributed by atoms with van der Waals surface area (Å²) in [5.74, 6) is 1.22. The summed E-state index contributed by atoms with van der Waals surface area (Å²) in [5.41, 5.74) is 2.54. The fourth-order valence-corrected chi connectivity index (χ4v) is 2.74. The molecule has 0 spiro atoms. The molecule has 84 valence electrons. The topological polar surface area (TPSA) is 25.2 Å². The van der Waals surface area contributed by atoms with Gasteiger partial charge in [-0.25, -0.2) is 0 Å². The maximum atomic E-state index is 9.83. The molecular weight excluding hydrogens is 206 g/mol. The first-order valence-corrected chi connectivity index (χ1v) is 7.07. The zero-order chi connectivity index (χ0) is 10.7. The van der Waals surface area contributed by atoms with E-state index in [1.807, 2.05) is 11.8 Å². The first-order chi connectivity index (χ1) is 7.33. The van der Waals surface area contributed by atoms with Crippen LogP contribution in [0.25, 0.3) is 0 Å². The molecule has 3 heteroatoms. The molecule has 1 unspecified atom stereocenters. The highest BCUT2D eigenvalue weighted by Gasteiger charge is 2.20. The third-order valence-electron chi connectivity index (χ3n) is 3.11. The summed E-state index contributed by atoms with van der Waals surface area (Å²) in [5, 5.41) is 9.83. The number of fused-ring (bicyclic) bond motifs is 1. The molecule has 2 nitrogen and oxygen atoms in total. The number of aliphatic hydroxyl groups is 1. The minimum atomic E-state index is -0.212. The van der Waals surface area contributed by atoms with Crippen LogP contribution in [0.3, 0.4) is 0 Å². The molecule has 1 heterocycles. The van der Waals surface area contributed by atoms with E-state index in [1.54, 1.807) is 0 Å². The van der Waals surface area contributed by atoms with Gasteiger partial charge in [0.2, 0.25) is 0 Å².